The van der Waals surface area contributed by atoms with E-state index in [1.54, 1.807) is 4.90 Å². The molecule has 140 valence electrons. The van der Waals surface area contributed by atoms with Crippen LogP contribution in [0.4, 0.5) is 5.69 Å². The first-order valence-corrected chi connectivity index (χ1v) is 9.49. The van der Waals surface area contributed by atoms with Crippen molar-refractivity contribution in [2.24, 2.45) is 5.92 Å². The standard InChI is InChI=1S/C20H27N3O3/c1-14(24)22-19(16-5-2-3-6-16)20(26)21-13-15-8-10-17(11-9-15)23-12-4-7-18(23)25/h8-11,16,19H,2-7,12-13H2,1H3,(H,21,26)(H,22,24). The summed E-state index contributed by atoms with van der Waals surface area (Å²) in [5, 5.41) is 5.76. The second-order valence-corrected chi connectivity index (χ2v) is 7.26. The molecule has 6 nitrogen and oxygen atoms in total. The number of hydrogen-bond acceptors (Lipinski definition) is 3. The van der Waals surface area contributed by atoms with Crippen LogP contribution in [0.2, 0.25) is 0 Å². The van der Waals surface area contributed by atoms with E-state index >= 15 is 0 Å². The molecule has 1 aliphatic heterocycles. The second kappa shape index (κ2) is 8.34. The number of amides is 3. The van der Waals surface area contributed by atoms with Crippen LogP contribution in [-0.4, -0.2) is 30.3 Å². The van der Waals surface area contributed by atoms with E-state index in [0.717, 1.165) is 49.9 Å². The van der Waals surface area contributed by atoms with Gasteiger partial charge in [-0.15, -0.1) is 0 Å². The number of carbonyl (C=O) groups excluding carboxylic acids is 3. The minimum atomic E-state index is -0.448. The Morgan fingerprint density at radius 2 is 1.85 bits per heavy atom. The fraction of sp³-hybridized carbons (Fsp3) is 0.550. The van der Waals surface area contributed by atoms with Crippen LogP contribution in [0.15, 0.2) is 24.3 Å². The van der Waals surface area contributed by atoms with E-state index in [0.29, 0.717) is 13.0 Å². The lowest BCUT2D eigenvalue weighted by atomic mass is 9.97. The highest BCUT2D eigenvalue weighted by molar-refractivity contribution is 5.95. The molecule has 1 heterocycles. The molecule has 6 heteroatoms. The first-order chi connectivity index (χ1) is 12.5. The predicted molar refractivity (Wildman–Crippen MR) is 99.4 cm³/mol. The smallest absolute Gasteiger partial charge is 0.243 e. The molecule has 0 radical (unpaired) electrons. The average molecular weight is 357 g/mol. The van der Waals surface area contributed by atoms with Crippen LogP contribution in [0.25, 0.3) is 0 Å². The highest BCUT2D eigenvalue weighted by Gasteiger charge is 2.31. The van der Waals surface area contributed by atoms with Gasteiger partial charge in [-0.3, -0.25) is 14.4 Å². The summed E-state index contributed by atoms with van der Waals surface area (Å²) in [5.74, 6) is 0.103. The van der Waals surface area contributed by atoms with Gasteiger partial charge in [-0.05, 0) is 42.9 Å². The lowest BCUT2D eigenvalue weighted by Crippen LogP contribution is -2.49. The summed E-state index contributed by atoms with van der Waals surface area (Å²) in [4.78, 5) is 37.6. The summed E-state index contributed by atoms with van der Waals surface area (Å²) in [5.41, 5.74) is 1.88. The Labute approximate surface area is 154 Å². The minimum Gasteiger partial charge on any atom is -0.350 e. The van der Waals surface area contributed by atoms with Gasteiger partial charge < -0.3 is 15.5 Å². The van der Waals surface area contributed by atoms with Gasteiger partial charge in [-0.1, -0.05) is 25.0 Å². The molecule has 0 spiro atoms. The van der Waals surface area contributed by atoms with E-state index < -0.39 is 6.04 Å². The number of nitrogens with one attached hydrogen (secondary N) is 2. The summed E-state index contributed by atoms with van der Waals surface area (Å²) in [6.07, 6.45) is 5.72. The van der Waals surface area contributed by atoms with Crippen molar-refractivity contribution in [1.29, 1.82) is 0 Å². The number of anilines is 1. The molecule has 2 N–H and O–H groups in total. The highest BCUT2D eigenvalue weighted by Crippen LogP contribution is 2.28. The van der Waals surface area contributed by atoms with Gasteiger partial charge in [0, 0.05) is 32.1 Å². The van der Waals surface area contributed by atoms with Gasteiger partial charge >= 0.3 is 0 Å². The van der Waals surface area contributed by atoms with Gasteiger partial charge in [0.2, 0.25) is 17.7 Å². The quantitative estimate of drug-likeness (QED) is 0.819. The summed E-state index contributed by atoms with van der Waals surface area (Å²) < 4.78 is 0. The fourth-order valence-electron chi connectivity index (χ4n) is 3.92. The van der Waals surface area contributed by atoms with Gasteiger partial charge in [-0.25, -0.2) is 0 Å². The SMILES string of the molecule is CC(=O)NC(C(=O)NCc1ccc(N2CCCC2=O)cc1)C1CCCC1. The van der Waals surface area contributed by atoms with Crippen LogP contribution in [0.3, 0.4) is 0 Å². The van der Waals surface area contributed by atoms with Gasteiger partial charge in [0.15, 0.2) is 0 Å². The van der Waals surface area contributed by atoms with E-state index in [2.05, 4.69) is 10.6 Å². The van der Waals surface area contributed by atoms with Crippen molar-refractivity contribution in [3.05, 3.63) is 29.8 Å². The Hall–Kier alpha value is -2.37. The Balaban J connectivity index is 1.57. The number of carbonyl (C=O) groups is 3. The Morgan fingerprint density at radius 1 is 1.15 bits per heavy atom. The highest BCUT2D eigenvalue weighted by atomic mass is 16.2. The molecule has 26 heavy (non-hydrogen) atoms. The van der Waals surface area contributed by atoms with E-state index in [1.807, 2.05) is 24.3 Å². The molecule has 2 fully saturated rings. The van der Waals surface area contributed by atoms with Gasteiger partial charge in [0.1, 0.15) is 6.04 Å². The third-order valence-corrected chi connectivity index (χ3v) is 5.30. The first-order valence-electron chi connectivity index (χ1n) is 9.49. The lowest BCUT2D eigenvalue weighted by molar-refractivity contribution is -0.129. The lowest BCUT2D eigenvalue weighted by Gasteiger charge is -2.23. The molecule has 1 saturated heterocycles. The second-order valence-electron chi connectivity index (χ2n) is 7.26. The molecule has 1 unspecified atom stereocenters. The van der Waals surface area contributed by atoms with Crippen molar-refractivity contribution < 1.29 is 14.4 Å². The number of nitrogens with zero attached hydrogens (tertiary/aromatic N) is 1. The summed E-state index contributed by atoms with van der Waals surface area (Å²) in [6.45, 7) is 2.64. The minimum absolute atomic E-state index is 0.120. The van der Waals surface area contributed by atoms with Crippen molar-refractivity contribution in [3.63, 3.8) is 0 Å². The van der Waals surface area contributed by atoms with Crippen LogP contribution in [0, 0.1) is 5.92 Å². The Bertz CT molecular complexity index is 665. The fourth-order valence-corrected chi connectivity index (χ4v) is 3.92. The normalized spacial score (nSPS) is 18.8. The predicted octanol–water partition coefficient (Wildman–Crippen LogP) is 2.12. The molecular weight excluding hydrogens is 330 g/mol. The molecular formula is C20H27N3O3. The topological polar surface area (TPSA) is 78.5 Å². The maximum atomic E-state index is 12.6. The molecule has 3 amide bonds. The summed E-state index contributed by atoms with van der Waals surface area (Å²) >= 11 is 0. The van der Waals surface area contributed by atoms with E-state index in [1.165, 1.54) is 6.92 Å². The molecule has 1 saturated carbocycles. The molecule has 1 aliphatic carbocycles. The third kappa shape index (κ3) is 4.42. The molecule has 3 rings (SSSR count). The van der Waals surface area contributed by atoms with Gasteiger partial charge in [0.25, 0.3) is 0 Å². The zero-order valence-corrected chi connectivity index (χ0v) is 15.3. The van der Waals surface area contributed by atoms with Crippen LogP contribution < -0.4 is 15.5 Å². The van der Waals surface area contributed by atoms with Crippen LogP contribution in [-0.2, 0) is 20.9 Å². The van der Waals surface area contributed by atoms with Crippen LogP contribution >= 0.6 is 0 Å². The van der Waals surface area contributed by atoms with Gasteiger partial charge in [-0.2, -0.15) is 0 Å². The number of hydrogen-bond donors (Lipinski definition) is 2. The van der Waals surface area contributed by atoms with E-state index in [4.69, 9.17) is 0 Å². The Morgan fingerprint density at radius 3 is 2.42 bits per heavy atom. The van der Waals surface area contributed by atoms with Gasteiger partial charge in [0.05, 0.1) is 0 Å². The molecule has 0 aromatic heterocycles. The monoisotopic (exact) mass is 357 g/mol. The van der Waals surface area contributed by atoms with Crippen molar-refractivity contribution in [2.45, 2.75) is 58.0 Å². The zero-order valence-electron chi connectivity index (χ0n) is 15.3. The van der Waals surface area contributed by atoms with E-state index in [9.17, 15) is 14.4 Å². The number of benzene rings is 1. The van der Waals surface area contributed by atoms with Crippen molar-refractivity contribution in [1.82, 2.24) is 10.6 Å². The Kier molecular flexibility index (Phi) is 5.91. The largest absolute Gasteiger partial charge is 0.350 e. The summed E-state index contributed by atoms with van der Waals surface area (Å²) in [7, 11) is 0. The van der Waals surface area contributed by atoms with Crippen molar-refractivity contribution in [3.8, 4) is 0 Å². The van der Waals surface area contributed by atoms with Crippen molar-refractivity contribution in [2.75, 3.05) is 11.4 Å². The molecule has 2 aliphatic rings. The summed E-state index contributed by atoms with van der Waals surface area (Å²) in [6, 6.07) is 7.27. The number of rotatable bonds is 6. The van der Waals surface area contributed by atoms with Crippen LogP contribution in [0.1, 0.15) is 51.0 Å². The maximum absolute atomic E-state index is 12.6. The molecule has 1 aromatic carbocycles. The zero-order chi connectivity index (χ0) is 18.5. The molecule has 1 atom stereocenters. The van der Waals surface area contributed by atoms with Crippen molar-refractivity contribution >= 4 is 23.4 Å². The average Bonchev–Trinajstić information content (AvgIpc) is 3.29. The third-order valence-electron chi connectivity index (χ3n) is 5.30. The maximum Gasteiger partial charge on any atom is 0.243 e. The van der Waals surface area contributed by atoms with E-state index in [-0.39, 0.29) is 23.6 Å². The molecule has 1 aromatic rings. The first kappa shape index (κ1) is 18.4. The molecule has 0 bridgehead atoms. The van der Waals surface area contributed by atoms with Crippen LogP contribution in [0.5, 0.6) is 0 Å².